The molecule has 1 amide bonds. The third-order valence-corrected chi connectivity index (χ3v) is 4.45. The summed E-state index contributed by atoms with van der Waals surface area (Å²) in [5.41, 5.74) is 4.00. The summed E-state index contributed by atoms with van der Waals surface area (Å²) in [5, 5.41) is 3.15. The van der Waals surface area contributed by atoms with Crippen LogP contribution < -0.4 is 5.32 Å². The first-order valence-electron chi connectivity index (χ1n) is 8.81. The van der Waals surface area contributed by atoms with Crippen LogP contribution in [0.25, 0.3) is 0 Å². The summed E-state index contributed by atoms with van der Waals surface area (Å²) in [6.07, 6.45) is 4.16. The number of pyridine rings is 2. The first-order valence-corrected chi connectivity index (χ1v) is 8.81. The lowest BCUT2D eigenvalue weighted by Crippen LogP contribution is -2.33. The number of amides is 1. The van der Waals surface area contributed by atoms with Gasteiger partial charge in [-0.2, -0.15) is 0 Å². The summed E-state index contributed by atoms with van der Waals surface area (Å²) in [4.78, 5) is 21.5. The third kappa shape index (κ3) is 4.54. The molecule has 0 aliphatic heterocycles. The standard InChI is InChI=1S/C22H23N3O/c1-16-9-11-18(12-10-16)15-21(20-8-4-6-14-24-20)25-22(26)17(2)19-7-3-5-13-23-19/h3-14,17,21H,15H2,1-2H3,(H,25,26). The summed E-state index contributed by atoms with van der Waals surface area (Å²) >= 11 is 0. The van der Waals surface area contributed by atoms with Gasteiger partial charge in [0.15, 0.2) is 0 Å². The molecule has 132 valence electrons. The second-order valence-corrected chi connectivity index (χ2v) is 6.48. The molecule has 3 aromatic rings. The smallest absolute Gasteiger partial charge is 0.229 e. The van der Waals surface area contributed by atoms with E-state index < -0.39 is 0 Å². The van der Waals surface area contributed by atoms with Crippen LogP contribution in [0.5, 0.6) is 0 Å². The molecule has 2 atom stereocenters. The van der Waals surface area contributed by atoms with Crippen molar-refractivity contribution in [3.8, 4) is 0 Å². The number of carbonyl (C=O) groups is 1. The van der Waals surface area contributed by atoms with E-state index in [1.807, 2.05) is 43.3 Å². The minimum absolute atomic E-state index is 0.0496. The highest BCUT2D eigenvalue weighted by Crippen LogP contribution is 2.20. The van der Waals surface area contributed by atoms with Gasteiger partial charge < -0.3 is 5.32 Å². The van der Waals surface area contributed by atoms with Crippen molar-refractivity contribution < 1.29 is 4.79 Å². The Kier molecular flexibility index (Phi) is 5.74. The number of hydrogen-bond donors (Lipinski definition) is 1. The van der Waals surface area contributed by atoms with E-state index in [-0.39, 0.29) is 17.9 Å². The largest absolute Gasteiger partial charge is 0.347 e. The molecule has 1 N–H and O–H groups in total. The second-order valence-electron chi connectivity index (χ2n) is 6.48. The van der Waals surface area contributed by atoms with Crippen molar-refractivity contribution in [2.75, 3.05) is 0 Å². The normalized spacial score (nSPS) is 13.0. The van der Waals surface area contributed by atoms with Crippen molar-refractivity contribution in [1.29, 1.82) is 0 Å². The number of benzene rings is 1. The van der Waals surface area contributed by atoms with Crippen LogP contribution in [0, 0.1) is 6.92 Å². The molecule has 4 heteroatoms. The van der Waals surface area contributed by atoms with Crippen molar-refractivity contribution >= 4 is 5.91 Å². The van der Waals surface area contributed by atoms with Crippen molar-refractivity contribution in [2.24, 2.45) is 0 Å². The SMILES string of the molecule is Cc1ccc(CC(NC(=O)C(C)c2ccccn2)c2ccccn2)cc1. The topological polar surface area (TPSA) is 54.9 Å². The molecule has 0 saturated carbocycles. The Bertz CT molecular complexity index is 832. The van der Waals surface area contributed by atoms with E-state index in [1.165, 1.54) is 5.56 Å². The minimum atomic E-state index is -0.319. The highest BCUT2D eigenvalue weighted by molar-refractivity contribution is 5.83. The van der Waals surface area contributed by atoms with E-state index >= 15 is 0 Å². The van der Waals surface area contributed by atoms with Crippen LogP contribution in [0.2, 0.25) is 0 Å². The summed E-state index contributed by atoms with van der Waals surface area (Å²) < 4.78 is 0. The van der Waals surface area contributed by atoms with Gasteiger partial charge in [-0.1, -0.05) is 42.0 Å². The number of nitrogens with one attached hydrogen (secondary N) is 1. The fourth-order valence-electron chi connectivity index (χ4n) is 2.83. The van der Waals surface area contributed by atoms with Crippen LogP contribution in [0.15, 0.2) is 73.1 Å². The molecule has 0 radical (unpaired) electrons. The van der Waals surface area contributed by atoms with E-state index in [2.05, 4.69) is 46.5 Å². The summed E-state index contributed by atoms with van der Waals surface area (Å²) in [7, 11) is 0. The first kappa shape index (κ1) is 17.8. The Morgan fingerprint density at radius 3 is 2.12 bits per heavy atom. The van der Waals surface area contributed by atoms with Gasteiger partial charge in [0.2, 0.25) is 5.91 Å². The molecule has 2 heterocycles. The van der Waals surface area contributed by atoms with Gasteiger partial charge in [-0.25, -0.2) is 0 Å². The van der Waals surface area contributed by atoms with Gasteiger partial charge in [0.25, 0.3) is 0 Å². The van der Waals surface area contributed by atoms with E-state index in [0.29, 0.717) is 6.42 Å². The van der Waals surface area contributed by atoms with E-state index in [0.717, 1.165) is 17.0 Å². The van der Waals surface area contributed by atoms with Crippen LogP contribution >= 0.6 is 0 Å². The van der Waals surface area contributed by atoms with Gasteiger partial charge in [0.1, 0.15) is 0 Å². The summed E-state index contributed by atoms with van der Waals surface area (Å²) in [5.74, 6) is -0.369. The Labute approximate surface area is 154 Å². The second kappa shape index (κ2) is 8.39. The lowest BCUT2D eigenvalue weighted by Gasteiger charge is -2.21. The van der Waals surface area contributed by atoms with Crippen LogP contribution in [0.1, 0.15) is 41.4 Å². The molecule has 4 nitrogen and oxygen atoms in total. The van der Waals surface area contributed by atoms with Gasteiger partial charge in [0.05, 0.1) is 23.3 Å². The predicted octanol–water partition coefficient (Wildman–Crippen LogP) is 3.99. The molecular formula is C22H23N3O. The van der Waals surface area contributed by atoms with E-state index in [1.54, 1.807) is 12.4 Å². The zero-order valence-corrected chi connectivity index (χ0v) is 15.1. The lowest BCUT2D eigenvalue weighted by atomic mass is 10.00. The van der Waals surface area contributed by atoms with Gasteiger partial charge >= 0.3 is 0 Å². The molecule has 0 aliphatic rings. The highest BCUT2D eigenvalue weighted by atomic mass is 16.1. The average molecular weight is 345 g/mol. The molecule has 0 bridgehead atoms. The quantitative estimate of drug-likeness (QED) is 0.735. The average Bonchev–Trinajstić information content (AvgIpc) is 2.70. The number of nitrogens with zero attached hydrogens (tertiary/aromatic N) is 2. The van der Waals surface area contributed by atoms with Crippen molar-refractivity contribution in [2.45, 2.75) is 32.2 Å². The predicted molar refractivity (Wildman–Crippen MR) is 103 cm³/mol. The van der Waals surface area contributed by atoms with Gasteiger partial charge in [-0.3, -0.25) is 14.8 Å². The lowest BCUT2D eigenvalue weighted by molar-refractivity contribution is -0.123. The Morgan fingerprint density at radius 1 is 0.923 bits per heavy atom. The van der Waals surface area contributed by atoms with Crippen LogP contribution in [0.4, 0.5) is 0 Å². The highest BCUT2D eigenvalue weighted by Gasteiger charge is 2.22. The maximum absolute atomic E-state index is 12.8. The molecule has 0 aliphatic carbocycles. The molecule has 1 aromatic carbocycles. The molecule has 2 aromatic heterocycles. The minimum Gasteiger partial charge on any atom is -0.347 e. The fraction of sp³-hybridized carbons (Fsp3) is 0.227. The van der Waals surface area contributed by atoms with E-state index in [4.69, 9.17) is 0 Å². The third-order valence-electron chi connectivity index (χ3n) is 4.45. The van der Waals surface area contributed by atoms with Crippen molar-refractivity contribution in [3.05, 3.63) is 95.6 Å². The van der Waals surface area contributed by atoms with Gasteiger partial charge in [0, 0.05) is 12.4 Å². The van der Waals surface area contributed by atoms with Crippen LogP contribution in [-0.4, -0.2) is 15.9 Å². The molecular weight excluding hydrogens is 322 g/mol. The number of aromatic nitrogens is 2. The zero-order chi connectivity index (χ0) is 18.4. The zero-order valence-electron chi connectivity index (χ0n) is 15.1. The molecule has 0 spiro atoms. The summed E-state index contributed by atoms with van der Waals surface area (Å²) in [6.45, 7) is 3.94. The van der Waals surface area contributed by atoms with Gasteiger partial charge in [-0.05, 0) is 50.1 Å². The Balaban J connectivity index is 1.79. The summed E-state index contributed by atoms with van der Waals surface area (Å²) in [6, 6.07) is 19.6. The molecule has 0 saturated heterocycles. The van der Waals surface area contributed by atoms with Gasteiger partial charge in [-0.15, -0.1) is 0 Å². The fourth-order valence-corrected chi connectivity index (χ4v) is 2.83. The maximum atomic E-state index is 12.8. The Hall–Kier alpha value is -3.01. The first-order chi connectivity index (χ1) is 12.6. The molecule has 0 fully saturated rings. The van der Waals surface area contributed by atoms with Crippen LogP contribution in [0.3, 0.4) is 0 Å². The molecule has 26 heavy (non-hydrogen) atoms. The number of rotatable bonds is 6. The molecule has 3 rings (SSSR count). The Morgan fingerprint density at radius 2 is 1.54 bits per heavy atom. The number of hydrogen-bond acceptors (Lipinski definition) is 3. The molecule has 2 unspecified atom stereocenters. The van der Waals surface area contributed by atoms with Crippen molar-refractivity contribution in [1.82, 2.24) is 15.3 Å². The number of aryl methyl sites for hydroxylation is 1. The maximum Gasteiger partial charge on any atom is 0.229 e. The van der Waals surface area contributed by atoms with E-state index in [9.17, 15) is 4.79 Å². The van der Waals surface area contributed by atoms with Crippen LogP contribution in [-0.2, 0) is 11.2 Å². The van der Waals surface area contributed by atoms with Crippen molar-refractivity contribution in [3.63, 3.8) is 0 Å². The monoisotopic (exact) mass is 345 g/mol. The number of carbonyl (C=O) groups excluding carboxylic acids is 1.